The van der Waals surface area contributed by atoms with Crippen LogP contribution in [0, 0.1) is 5.82 Å². The summed E-state index contributed by atoms with van der Waals surface area (Å²) < 4.78 is 40.6. The number of rotatable bonds is 6. The van der Waals surface area contributed by atoms with Gasteiger partial charge in [-0.15, -0.1) is 11.3 Å². The molecule has 0 atom stereocenters. The minimum absolute atomic E-state index is 0.0941. The summed E-state index contributed by atoms with van der Waals surface area (Å²) in [6.45, 7) is 10.4. The average molecular weight is 444 g/mol. The standard InChI is InChI=1S/C19H26FN3O4S2/c1-10(2)13-7-12(20)8-14(11(3)4)16(13)22-17(24)23-29(26,27)18-21-9-15(28-18)19(5,6)25/h7-11,25H,1-6H3,(H2,22,23,24). The molecule has 1 heterocycles. The molecular formula is C19H26FN3O4S2. The van der Waals surface area contributed by atoms with Crippen molar-refractivity contribution in [2.45, 2.75) is 63.3 Å². The number of thiazole rings is 1. The maximum atomic E-state index is 14.0. The number of nitrogens with one attached hydrogen (secondary N) is 2. The van der Waals surface area contributed by atoms with Gasteiger partial charge in [0, 0.05) is 11.9 Å². The van der Waals surface area contributed by atoms with Gasteiger partial charge in [0.05, 0.1) is 10.5 Å². The summed E-state index contributed by atoms with van der Waals surface area (Å²) in [4.78, 5) is 16.6. The number of halogens is 1. The molecule has 3 N–H and O–H groups in total. The lowest BCUT2D eigenvalue weighted by atomic mass is 9.92. The molecule has 29 heavy (non-hydrogen) atoms. The lowest BCUT2D eigenvalue weighted by molar-refractivity contribution is 0.0823. The van der Waals surface area contributed by atoms with Gasteiger partial charge in [-0.1, -0.05) is 27.7 Å². The Morgan fingerprint density at radius 2 is 1.69 bits per heavy atom. The molecule has 1 aromatic heterocycles. The summed E-state index contributed by atoms with van der Waals surface area (Å²) in [5.74, 6) is -0.607. The van der Waals surface area contributed by atoms with Crippen LogP contribution in [0.5, 0.6) is 0 Å². The summed E-state index contributed by atoms with van der Waals surface area (Å²) in [6.07, 6.45) is 1.25. The zero-order chi connectivity index (χ0) is 22.1. The molecule has 0 radical (unpaired) electrons. The van der Waals surface area contributed by atoms with Gasteiger partial charge >= 0.3 is 6.03 Å². The average Bonchev–Trinajstić information content (AvgIpc) is 3.06. The monoisotopic (exact) mass is 443 g/mol. The predicted octanol–water partition coefficient (Wildman–Crippen LogP) is 4.27. The number of carbonyl (C=O) groups is 1. The molecule has 10 heteroatoms. The van der Waals surface area contributed by atoms with Crippen LogP contribution in [-0.2, 0) is 15.6 Å². The molecule has 0 aliphatic rings. The number of hydrogen-bond donors (Lipinski definition) is 3. The number of hydrogen-bond acceptors (Lipinski definition) is 6. The Labute approximate surface area is 174 Å². The first kappa shape index (κ1) is 23.2. The summed E-state index contributed by atoms with van der Waals surface area (Å²) in [7, 11) is -4.23. The maximum absolute atomic E-state index is 14.0. The van der Waals surface area contributed by atoms with Crippen molar-refractivity contribution >= 4 is 33.1 Å². The molecule has 7 nitrogen and oxygen atoms in total. The Hall–Kier alpha value is -2.04. The summed E-state index contributed by atoms with van der Waals surface area (Å²) in [5, 5.41) is 12.5. The molecule has 160 valence electrons. The highest BCUT2D eigenvalue weighted by molar-refractivity contribution is 7.92. The second-order valence-electron chi connectivity index (χ2n) is 7.88. The number of aromatic nitrogens is 1. The summed E-state index contributed by atoms with van der Waals surface area (Å²) in [6, 6.07) is 1.69. The fraction of sp³-hybridized carbons (Fsp3) is 0.474. The quantitative estimate of drug-likeness (QED) is 0.618. The Bertz CT molecular complexity index is 980. The predicted molar refractivity (Wildman–Crippen MR) is 111 cm³/mol. The van der Waals surface area contributed by atoms with Crippen LogP contribution in [0.4, 0.5) is 14.9 Å². The molecule has 2 aromatic rings. The first-order valence-electron chi connectivity index (χ1n) is 9.08. The number of benzene rings is 1. The fourth-order valence-corrected chi connectivity index (χ4v) is 4.73. The molecule has 0 aliphatic heterocycles. The number of sulfonamides is 1. The number of aliphatic hydroxyl groups is 1. The lowest BCUT2D eigenvalue weighted by Gasteiger charge is -2.20. The van der Waals surface area contributed by atoms with Gasteiger partial charge in [-0.2, -0.15) is 8.42 Å². The van der Waals surface area contributed by atoms with Crippen molar-refractivity contribution in [2.75, 3.05) is 5.32 Å². The third-order valence-electron chi connectivity index (χ3n) is 4.19. The Kier molecular flexibility index (Phi) is 6.71. The van der Waals surface area contributed by atoms with Gasteiger partial charge < -0.3 is 10.4 Å². The fourth-order valence-electron chi connectivity index (χ4n) is 2.67. The van der Waals surface area contributed by atoms with Gasteiger partial charge in [0.2, 0.25) is 4.34 Å². The van der Waals surface area contributed by atoms with Crippen molar-refractivity contribution in [1.29, 1.82) is 0 Å². The van der Waals surface area contributed by atoms with Crippen LogP contribution >= 0.6 is 11.3 Å². The van der Waals surface area contributed by atoms with E-state index >= 15 is 0 Å². The highest BCUT2D eigenvalue weighted by Crippen LogP contribution is 2.34. The van der Waals surface area contributed by atoms with Crippen LogP contribution in [0.25, 0.3) is 0 Å². The number of carbonyl (C=O) groups excluding carboxylic acids is 1. The first-order chi connectivity index (χ1) is 13.2. The number of urea groups is 1. The van der Waals surface area contributed by atoms with Crippen molar-refractivity contribution in [3.63, 3.8) is 0 Å². The van der Waals surface area contributed by atoms with E-state index in [1.807, 2.05) is 32.4 Å². The van der Waals surface area contributed by atoms with Crippen LogP contribution in [0.2, 0.25) is 0 Å². The highest BCUT2D eigenvalue weighted by Gasteiger charge is 2.27. The van der Waals surface area contributed by atoms with Gasteiger partial charge in [0.1, 0.15) is 5.82 Å². The lowest BCUT2D eigenvalue weighted by Crippen LogP contribution is -2.35. The molecule has 0 fully saturated rings. The van der Waals surface area contributed by atoms with Crippen molar-refractivity contribution in [2.24, 2.45) is 0 Å². The van der Waals surface area contributed by atoms with E-state index in [1.165, 1.54) is 32.2 Å². The first-order valence-corrected chi connectivity index (χ1v) is 11.4. The third kappa shape index (κ3) is 5.52. The smallest absolute Gasteiger partial charge is 0.333 e. The normalized spacial score (nSPS) is 12.5. The van der Waals surface area contributed by atoms with E-state index in [2.05, 4.69) is 10.3 Å². The van der Waals surface area contributed by atoms with E-state index in [9.17, 15) is 22.7 Å². The van der Waals surface area contributed by atoms with Gasteiger partial charge in [-0.25, -0.2) is 18.9 Å². The van der Waals surface area contributed by atoms with E-state index in [4.69, 9.17) is 0 Å². The van der Waals surface area contributed by atoms with Crippen LogP contribution in [0.3, 0.4) is 0 Å². The molecular weight excluding hydrogens is 417 g/mol. The summed E-state index contributed by atoms with van der Waals surface area (Å²) >= 11 is 0.772. The zero-order valence-electron chi connectivity index (χ0n) is 17.2. The molecule has 0 bridgehead atoms. The minimum atomic E-state index is -4.23. The molecule has 0 saturated heterocycles. The van der Waals surface area contributed by atoms with Crippen molar-refractivity contribution in [1.82, 2.24) is 9.71 Å². The molecule has 1 aromatic carbocycles. The van der Waals surface area contributed by atoms with E-state index < -0.39 is 27.5 Å². The highest BCUT2D eigenvalue weighted by atomic mass is 32.2. The molecule has 0 unspecified atom stereocenters. The molecule has 0 aliphatic carbocycles. The largest absolute Gasteiger partial charge is 0.385 e. The van der Waals surface area contributed by atoms with E-state index in [0.717, 1.165) is 11.3 Å². The maximum Gasteiger partial charge on any atom is 0.333 e. The second-order valence-corrected chi connectivity index (χ2v) is 10.8. The molecule has 2 rings (SSSR count). The van der Waals surface area contributed by atoms with Crippen molar-refractivity contribution < 1.29 is 22.7 Å². The number of amides is 2. The van der Waals surface area contributed by atoms with E-state index in [-0.39, 0.29) is 16.2 Å². The zero-order valence-corrected chi connectivity index (χ0v) is 18.8. The summed E-state index contributed by atoms with van der Waals surface area (Å²) in [5.41, 5.74) is 0.278. The van der Waals surface area contributed by atoms with E-state index in [1.54, 1.807) is 0 Å². The molecule has 2 amide bonds. The van der Waals surface area contributed by atoms with Crippen molar-refractivity contribution in [3.8, 4) is 0 Å². The number of nitrogens with zero attached hydrogens (tertiary/aromatic N) is 1. The van der Waals surface area contributed by atoms with Crippen molar-refractivity contribution in [3.05, 3.63) is 40.2 Å². The molecule has 0 saturated carbocycles. The van der Waals surface area contributed by atoms with Gasteiger partial charge in [-0.05, 0) is 48.9 Å². The van der Waals surface area contributed by atoms with E-state index in [0.29, 0.717) is 21.7 Å². The van der Waals surface area contributed by atoms with Gasteiger partial charge in [0.25, 0.3) is 10.0 Å². The Balaban J connectivity index is 2.32. The van der Waals surface area contributed by atoms with Gasteiger partial charge in [-0.3, -0.25) is 0 Å². The third-order valence-corrected chi connectivity index (χ3v) is 7.22. The van der Waals surface area contributed by atoms with Crippen LogP contribution < -0.4 is 10.0 Å². The Morgan fingerprint density at radius 3 is 2.10 bits per heavy atom. The van der Waals surface area contributed by atoms with Crippen LogP contribution in [-0.4, -0.2) is 24.5 Å². The Morgan fingerprint density at radius 1 is 1.17 bits per heavy atom. The van der Waals surface area contributed by atoms with Gasteiger partial charge in [0.15, 0.2) is 0 Å². The SMILES string of the molecule is CC(C)c1cc(F)cc(C(C)C)c1NC(=O)NS(=O)(=O)c1ncc(C(C)(C)O)s1. The minimum Gasteiger partial charge on any atom is -0.385 e. The van der Waals surface area contributed by atoms with Crippen LogP contribution in [0.15, 0.2) is 22.7 Å². The number of anilines is 1. The second kappa shape index (κ2) is 8.37. The molecule has 0 spiro atoms. The van der Waals surface area contributed by atoms with Crippen LogP contribution in [0.1, 0.15) is 69.4 Å². The topological polar surface area (TPSA) is 108 Å².